The van der Waals surface area contributed by atoms with Crippen molar-refractivity contribution in [2.45, 2.75) is 13.0 Å². The van der Waals surface area contributed by atoms with E-state index in [1.54, 1.807) is 36.5 Å². The Morgan fingerprint density at radius 3 is 2.67 bits per heavy atom. The predicted molar refractivity (Wildman–Crippen MR) is 126 cm³/mol. The number of para-hydroxylation sites is 1. The molecule has 0 saturated carbocycles. The number of hydrogen-bond acceptors (Lipinski definition) is 4. The highest BCUT2D eigenvalue weighted by Crippen LogP contribution is 2.35. The van der Waals surface area contributed by atoms with Crippen molar-refractivity contribution in [2.24, 2.45) is 0 Å². The highest BCUT2D eigenvalue weighted by molar-refractivity contribution is 6.03. The summed E-state index contributed by atoms with van der Waals surface area (Å²) < 4.78 is 19.7. The summed E-state index contributed by atoms with van der Waals surface area (Å²) in [6.45, 7) is 1.97. The first-order valence-electron chi connectivity index (χ1n) is 10.5. The van der Waals surface area contributed by atoms with E-state index in [1.165, 1.54) is 12.3 Å². The Bertz CT molecular complexity index is 1410. The van der Waals surface area contributed by atoms with Crippen molar-refractivity contribution in [3.8, 4) is 0 Å². The molecule has 5 aromatic rings. The van der Waals surface area contributed by atoms with Gasteiger partial charge in [-0.25, -0.2) is 4.39 Å². The van der Waals surface area contributed by atoms with Gasteiger partial charge < -0.3 is 20.0 Å². The Kier molecular flexibility index (Phi) is 5.36. The zero-order valence-corrected chi connectivity index (χ0v) is 17.8. The number of aromatic amines is 1. The van der Waals surface area contributed by atoms with Gasteiger partial charge in [0.25, 0.3) is 5.91 Å². The molecule has 0 fully saturated rings. The lowest BCUT2D eigenvalue weighted by Gasteiger charge is -2.21. The van der Waals surface area contributed by atoms with E-state index in [4.69, 9.17) is 4.42 Å². The third-order valence-corrected chi connectivity index (χ3v) is 5.48. The smallest absolute Gasteiger partial charge is 0.291 e. The number of furan rings is 1. The summed E-state index contributed by atoms with van der Waals surface area (Å²) in [6.07, 6.45) is 3.17. The molecule has 1 amide bonds. The van der Waals surface area contributed by atoms with Crippen LogP contribution >= 0.6 is 0 Å². The van der Waals surface area contributed by atoms with E-state index in [1.807, 2.05) is 43.3 Å². The summed E-state index contributed by atoms with van der Waals surface area (Å²) in [5, 5.41) is 7.08. The van der Waals surface area contributed by atoms with Gasteiger partial charge in [0.15, 0.2) is 5.76 Å². The Morgan fingerprint density at radius 2 is 1.91 bits per heavy atom. The summed E-state index contributed by atoms with van der Waals surface area (Å²) >= 11 is 0. The van der Waals surface area contributed by atoms with Crippen LogP contribution in [0.4, 0.5) is 15.8 Å². The van der Waals surface area contributed by atoms with Gasteiger partial charge in [-0.1, -0.05) is 18.2 Å². The minimum absolute atomic E-state index is 0.230. The number of aryl methyl sites for hydroxylation is 1. The van der Waals surface area contributed by atoms with Crippen LogP contribution in [0.3, 0.4) is 0 Å². The molecule has 3 N–H and O–H groups in total. The molecule has 2 aromatic carbocycles. The molecule has 0 aliphatic heterocycles. The lowest BCUT2D eigenvalue weighted by molar-refractivity contribution is 0.0996. The number of anilines is 2. The third kappa shape index (κ3) is 4.08. The molecule has 0 saturated heterocycles. The molecule has 0 aliphatic carbocycles. The fourth-order valence-corrected chi connectivity index (χ4v) is 3.97. The molecular formula is C26H21FN4O2. The monoisotopic (exact) mass is 440 g/mol. The van der Waals surface area contributed by atoms with E-state index in [9.17, 15) is 9.18 Å². The summed E-state index contributed by atoms with van der Waals surface area (Å²) in [7, 11) is 0. The number of carbonyl (C=O) groups excluding carboxylic acids is 1. The van der Waals surface area contributed by atoms with Crippen molar-refractivity contribution in [1.82, 2.24) is 9.97 Å². The van der Waals surface area contributed by atoms with Gasteiger partial charge in [-0.15, -0.1) is 0 Å². The predicted octanol–water partition coefficient (Wildman–Crippen LogP) is 6.06. The van der Waals surface area contributed by atoms with Gasteiger partial charge in [-0.3, -0.25) is 9.78 Å². The fraction of sp³-hybridized carbons (Fsp3) is 0.0769. The minimum Gasteiger partial charge on any atom is -0.459 e. The number of fused-ring (bicyclic) bond motifs is 1. The first kappa shape index (κ1) is 20.5. The topological polar surface area (TPSA) is 83.0 Å². The Morgan fingerprint density at radius 1 is 1.06 bits per heavy atom. The number of nitrogens with zero attached hydrogens (tertiary/aromatic N) is 1. The average molecular weight is 440 g/mol. The van der Waals surface area contributed by atoms with Gasteiger partial charge in [0.1, 0.15) is 5.82 Å². The highest BCUT2D eigenvalue weighted by Gasteiger charge is 2.23. The van der Waals surface area contributed by atoms with Crippen LogP contribution in [0.5, 0.6) is 0 Å². The van der Waals surface area contributed by atoms with E-state index >= 15 is 0 Å². The number of amides is 1. The summed E-state index contributed by atoms with van der Waals surface area (Å²) in [6, 6.07) is 20.7. The molecule has 0 aliphatic rings. The number of pyridine rings is 1. The maximum absolute atomic E-state index is 14.5. The standard InChI is InChI=1S/C26H21FN4O2/c1-16-24(25(22-9-4-5-13-28-22)31-21-8-3-2-7-19(21)27)18-15-17(11-12-20(18)29-16)30-26(32)23-10-6-14-33-23/h2-15,25,29,31H,1H3,(H,30,32)/t25-/m1/s1. The Hall–Kier alpha value is -4.39. The van der Waals surface area contributed by atoms with Crippen LogP contribution < -0.4 is 10.6 Å². The quantitative estimate of drug-likeness (QED) is 0.300. The van der Waals surface area contributed by atoms with E-state index < -0.39 is 6.04 Å². The second-order valence-corrected chi connectivity index (χ2v) is 7.67. The second-order valence-electron chi connectivity index (χ2n) is 7.67. The molecule has 6 nitrogen and oxygen atoms in total. The number of hydrogen-bond donors (Lipinski definition) is 3. The zero-order valence-electron chi connectivity index (χ0n) is 17.8. The van der Waals surface area contributed by atoms with Crippen LogP contribution in [0.25, 0.3) is 10.9 Å². The van der Waals surface area contributed by atoms with Crippen molar-refractivity contribution >= 4 is 28.2 Å². The molecule has 0 radical (unpaired) electrons. The van der Waals surface area contributed by atoms with Gasteiger partial charge in [-0.05, 0) is 61.5 Å². The summed E-state index contributed by atoms with van der Waals surface area (Å²) in [4.78, 5) is 20.4. The van der Waals surface area contributed by atoms with Crippen molar-refractivity contribution in [2.75, 3.05) is 10.6 Å². The van der Waals surface area contributed by atoms with Crippen LogP contribution in [0, 0.1) is 12.7 Å². The maximum atomic E-state index is 14.5. The van der Waals surface area contributed by atoms with Crippen LogP contribution in [0.1, 0.15) is 33.5 Å². The normalized spacial score (nSPS) is 11.9. The van der Waals surface area contributed by atoms with Crippen LogP contribution in [0.15, 0.2) is 89.7 Å². The number of rotatable bonds is 6. The van der Waals surface area contributed by atoms with Gasteiger partial charge >= 0.3 is 0 Å². The largest absolute Gasteiger partial charge is 0.459 e. The summed E-state index contributed by atoms with van der Waals surface area (Å²) in [5.74, 6) is -0.450. The third-order valence-electron chi connectivity index (χ3n) is 5.48. The maximum Gasteiger partial charge on any atom is 0.291 e. The number of carbonyl (C=O) groups is 1. The van der Waals surface area contributed by atoms with Crippen molar-refractivity contribution in [3.05, 3.63) is 114 Å². The molecule has 33 heavy (non-hydrogen) atoms. The average Bonchev–Trinajstić information content (AvgIpc) is 3.47. The SMILES string of the molecule is Cc1[nH]c2ccc(NC(=O)c3ccco3)cc2c1[C@H](Nc1ccccc1F)c1ccccn1. The molecule has 0 bridgehead atoms. The van der Waals surface area contributed by atoms with Crippen molar-refractivity contribution in [3.63, 3.8) is 0 Å². The molecular weight excluding hydrogens is 419 g/mol. The van der Waals surface area contributed by atoms with E-state index in [2.05, 4.69) is 20.6 Å². The minimum atomic E-state index is -0.423. The lowest BCUT2D eigenvalue weighted by atomic mass is 9.98. The van der Waals surface area contributed by atoms with Crippen molar-refractivity contribution < 1.29 is 13.6 Å². The second kappa shape index (κ2) is 8.63. The molecule has 0 unspecified atom stereocenters. The molecule has 5 rings (SSSR count). The molecule has 7 heteroatoms. The van der Waals surface area contributed by atoms with E-state index in [-0.39, 0.29) is 17.5 Å². The molecule has 1 atom stereocenters. The van der Waals surface area contributed by atoms with Crippen LogP contribution in [0.2, 0.25) is 0 Å². The number of nitrogens with one attached hydrogen (secondary N) is 3. The summed E-state index contributed by atoms with van der Waals surface area (Å²) in [5.41, 5.74) is 4.48. The van der Waals surface area contributed by atoms with Crippen LogP contribution in [-0.4, -0.2) is 15.9 Å². The first-order valence-corrected chi connectivity index (χ1v) is 10.5. The molecule has 3 heterocycles. The molecule has 3 aromatic heterocycles. The Balaban J connectivity index is 1.59. The number of halogens is 1. The zero-order chi connectivity index (χ0) is 22.8. The van der Waals surface area contributed by atoms with Gasteiger partial charge in [0, 0.05) is 34.0 Å². The van der Waals surface area contributed by atoms with E-state index in [0.29, 0.717) is 11.4 Å². The number of benzene rings is 2. The molecule has 164 valence electrons. The first-order chi connectivity index (χ1) is 16.1. The highest BCUT2D eigenvalue weighted by atomic mass is 19.1. The Labute approximate surface area is 189 Å². The number of aromatic nitrogens is 2. The van der Waals surface area contributed by atoms with Gasteiger partial charge in [0.05, 0.1) is 23.7 Å². The van der Waals surface area contributed by atoms with Crippen LogP contribution in [-0.2, 0) is 0 Å². The molecule has 0 spiro atoms. The van der Waals surface area contributed by atoms with Gasteiger partial charge in [-0.2, -0.15) is 0 Å². The van der Waals surface area contributed by atoms with Gasteiger partial charge in [0.2, 0.25) is 0 Å². The fourth-order valence-electron chi connectivity index (χ4n) is 3.97. The lowest BCUT2D eigenvalue weighted by Crippen LogP contribution is -2.15. The van der Waals surface area contributed by atoms with E-state index in [0.717, 1.165) is 27.9 Å². The number of H-pyrrole nitrogens is 1. The van der Waals surface area contributed by atoms with Crippen molar-refractivity contribution in [1.29, 1.82) is 0 Å².